The first-order valence-corrected chi connectivity index (χ1v) is 17.7. The topological polar surface area (TPSA) is 127 Å². The highest BCUT2D eigenvalue weighted by Gasteiger charge is 2.31. The third kappa shape index (κ3) is 10.5. The molecule has 1 heterocycles. The maximum atomic E-state index is 14.0. The fraction of sp³-hybridized carbons (Fsp3) is 0.297. The van der Waals surface area contributed by atoms with Gasteiger partial charge in [-0.15, -0.1) is 0 Å². The van der Waals surface area contributed by atoms with Crippen molar-refractivity contribution in [1.29, 1.82) is 0 Å². The summed E-state index contributed by atoms with van der Waals surface area (Å²) in [5.41, 5.74) is 1.89. The number of amides is 2. The minimum absolute atomic E-state index is 0.0432. The van der Waals surface area contributed by atoms with E-state index in [1.54, 1.807) is 19.2 Å². The van der Waals surface area contributed by atoms with E-state index in [4.69, 9.17) is 14.2 Å². The smallest absolute Gasteiger partial charge is 0.261 e. The summed E-state index contributed by atoms with van der Waals surface area (Å²) in [5, 5.41) is 3.05. The summed E-state index contributed by atoms with van der Waals surface area (Å²) in [6.07, 6.45) is 0.278. The molecule has 0 spiro atoms. The van der Waals surface area contributed by atoms with Crippen LogP contribution in [0.25, 0.3) is 0 Å². The number of morpholine rings is 1. The third-order valence-corrected chi connectivity index (χ3v) is 9.60. The maximum Gasteiger partial charge on any atom is 0.261 e. The van der Waals surface area contributed by atoms with Gasteiger partial charge in [-0.25, -0.2) is 12.8 Å². The molecule has 0 saturated carbocycles. The molecular formula is C37H41FN4O7S. The van der Waals surface area contributed by atoms with Gasteiger partial charge in [0.05, 0.1) is 25.2 Å². The van der Waals surface area contributed by atoms with Gasteiger partial charge in [0.15, 0.2) is 6.61 Å². The van der Waals surface area contributed by atoms with Crippen LogP contribution in [-0.4, -0.2) is 89.2 Å². The highest BCUT2D eigenvalue weighted by Crippen LogP contribution is 2.21. The Labute approximate surface area is 292 Å². The van der Waals surface area contributed by atoms with Crippen molar-refractivity contribution in [2.45, 2.75) is 23.9 Å². The van der Waals surface area contributed by atoms with Gasteiger partial charge in [-0.1, -0.05) is 42.5 Å². The Hall–Kier alpha value is -4.98. The Morgan fingerprint density at radius 1 is 0.880 bits per heavy atom. The van der Waals surface area contributed by atoms with Crippen LogP contribution >= 0.6 is 0 Å². The summed E-state index contributed by atoms with van der Waals surface area (Å²) in [5.74, 6) is -0.276. The van der Waals surface area contributed by atoms with Crippen molar-refractivity contribution in [2.24, 2.45) is 0 Å². The molecule has 50 heavy (non-hydrogen) atoms. The highest BCUT2D eigenvalue weighted by atomic mass is 32.2. The Morgan fingerprint density at radius 2 is 1.54 bits per heavy atom. The molecule has 2 N–H and O–H groups in total. The second-order valence-corrected chi connectivity index (χ2v) is 13.4. The molecule has 1 atom stereocenters. The van der Waals surface area contributed by atoms with Crippen LogP contribution in [0.3, 0.4) is 0 Å². The Kier molecular flexibility index (Phi) is 12.8. The number of benzene rings is 4. The van der Waals surface area contributed by atoms with Crippen LogP contribution in [0.2, 0.25) is 0 Å². The van der Waals surface area contributed by atoms with E-state index in [-0.39, 0.29) is 35.2 Å². The van der Waals surface area contributed by atoms with E-state index < -0.39 is 34.4 Å². The first-order valence-electron chi connectivity index (χ1n) is 16.3. The zero-order valence-electron chi connectivity index (χ0n) is 27.8. The predicted octanol–water partition coefficient (Wildman–Crippen LogP) is 4.10. The van der Waals surface area contributed by atoms with Gasteiger partial charge in [0, 0.05) is 44.8 Å². The first kappa shape index (κ1) is 36.3. The summed E-state index contributed by atoms with van der Waals surface area (Å²) in [7, 11) is -2.39. The van der Waals surface area contributed by atoms with Gasteiger partial charge >= 0.3 is 0 Å². The maximum absolute atomic E-state index is 14.0. The first-order chi connectivity index (χ1) is 24.2. The van der Waals surface area contributed by atoms with Crippen LogP contribution in [0, 0.1) is 5.82 Å². The number of carbonyl (C=O) groups excluding carboxylic acids is 2. The molecule has 11 nitrogen and oxygen atoms in total. The number of sulfonamides is 1. The van der Waals surface area contributed by atoms with Crippen LogP contribution in [0.4, 0.5) is 10.1 Å². The number of hydrogen-bond donors (Lipinski definition) is 2. The van der Waals surface area contributed by atoms with E-state index in [1.807, 2.05) is 42.5 Å². The average molecular weight is 705 g/mol. The molecule has 0 bridgehead atoms. The summed E-state index contributed by atoms with van der Waals surface area (Å²) >= 11 is 0. The van der Waals surface area contributed by atoms with Crippen molar-refractivity contribution in [3.05, 3.63) is 120 Å². The third-order valence-electron chi connectivity index (χ3n) is 8.21. The lowest BCUT2D eigenvalue weighted by molar-refractivity contribution is -0.142. The van der Waals surface area contributed by atoms with E-state index in [0.29, 0.717) is 32.1 Å². The molecule has 1 aliphatic rings. The SMILES string of the molecule is COc1ccc(CN(C(=O)COc2ccc(S(=O)(=O)Nc3ccc(F)cc3)cc2)C(Cc2ccccc2)C(=O)NCCN2CCOCC2)cc1. The van der Waals surface area contributed by atoms with Gasteiger partial charge < -0.3 is 24.4 Å². The van der Waals surface area contributed by atoms with Gasteiger partial charge in [-0.2, -0.15) is 0 Å². The molecule has 0 aromatic heterocycles. The second kappa shape index (κ2) is 17.6. The van der Waals surface area contributed by atoms with Gasteiger partial charge in [0.25, 0.3) is 15.9 Å². The Bertz CT molecular complexity index is 1790. The van der Waals surface area contributed by atoms with Crippen molar-refractivity contribution in [3.8, 4) is 11.5 Å². The summed E-state index contributed by atoms with van der Waals surface area (Å²) in [6.45, 7) is 3.70. The minimum atomic E-state index is -3.96. The lowest BCUT2D eigenvalue weighted by atomic mass is 10.0. The lowest BCUT2D eigenvalue weighted by Gasteiger charge is -2.32. The number of nitrogens with zero attached hydrogens (tertiary/aromatic N) is 2. The van der Waals surface area contributed by atoms with Crippen LogP contribution in [0.5, 0.6) is 11.5 Å². The molecule has 0 aliphatic carbocycles. The number of ether oxygens (including phenoxy) is 3. The van der Waals surface area contributed by atoms with E-state index in [2.05, 4.69) is 14.9 Å². The van der Waals surface area contributed by atoms with Gasteiger partial charge in [0.1, 0.15) is 23.4 Å². The number of carbonyl (C=O) groups is 2. The second-order valence-electron chi connectivity index (χ2n) is 11.7. The fourth-order valence-electron chi connectivity index (χ4n) is 5.44. The lowest BCUT2D eigenvalue weighted by Crippen LogP contribution is -2.52. The van der Waals surface area contributed by atoms with Crippen LogP contribution in [0.15, 0.2) is 108 Å². The van der Waals surface area contributed by atoms with Gasteiger partial charge in [-0.05, 0) is 71.8 Å². The molecule has 5 rings (SSSR count). The van der Waals surface area contributed by atoms with Gasteiger partial charge in [0.2, 0.25) is 5.91 Å². The molecule has 2 amide bonds. The van der Waals surface area contributed by atoms with Crippen molar-refractivity contribution in [2.75, 3.05) is 57.8 Å². The fourth-order valence-corrected chi connectivity index (χ4v) is 6.50. The summed E-state index contributed by atoms with van der Waals surface area (Å²) < 4.78 is 57.9. The molecule has 1 fully saturated rings. The normalized spacial score (nSPS) is 14.0. The van der Waals surface area contributed by atoms with Crippen molar-refractivity contribution in [3.63, 3.8) is 0 Å². The quantitative estimate of drug-likeness (QED) is 0.179. The number of halogens is 1. The van der Waals surface area contributed by atoms with Crippen LogP contribution in [-0.2, 0) is 37.3 Å². The van der Waals surface area contributed by atoms with E-state index >= 15 is 0 Å². The number of nitrogens with one attached hydrogen (secondary N) is 2. The van der Waals surface area contributed by atoms with Crippen LogP contribution < -0.4 is 19.5 Å². The standard InChI is InChI=1S/C37H41FN4O7S/c1-47-32-13-7-29(8-14-32)26-42(35(25-28-5-3-2-4-6-28)37(44)39-19-20-41-21-23-48-24-22-41)36(43)27-49-33-15-17-34(18-16-33)50(45,46)40-31-11-9-30(38)10-12-31/h2-18,35,40H,19-27H2,1H3,(H,39,44). The van der Waals surface area contributed by atoms with E-state index in [1.165, 1.54) is 41.3 Å². The van der Waals surface area contributed by atoms with Crippen molar-refractivity contribution < 1.29 is 36.6 Å². The molecule has 13 heteroatoms. The Balaban J connectivity index is 1.32. The average Bonchev–Trinajstić information content (AvgIpc) is 3.14. The number of anilines is 1. The summed E-state index contributed by atoms with van der Waals surface area (Å²) in [6, 6.07) is 26.5. The Morgan fingerprint density at radius 3 is 2.20 bits per heavy atom. The molecule has 4 aromatic rings. The predicted molar refractivity (Wildman–Crippen MR) is 187 cm³/mol. The minimum Gasteiger partial charge on any atom is -0.497 e. The molecule has 1 aliphatic heterocycles. The molecule has 264 valence electrons. The van der Waals surface area contributed by atoms with Gasteiger partial charge in [-0.3, -0.25) is 19.2 Å². The van der Waals surface area contributed by atoms with E-state index in [0.717, 1.165) is 36.3 Å². The van der Waals surface area contributed by atoms with E-state index in [9.17, 15) is 22.4 Å². The molecule has 0 radical (unpaired) electrons. The zero-order valence-corrected chi connectivity index (χ0v) is 28.6. The number of hydrogen-bond acceptors (Lipinski definition) is 8. The number of methoxy groups -OCH3 is 1. The zero-order chi connectivity index (χ0) is 35.3. The summed E-state index contributed by atoms with van der Waals surface area (Å²) in [4.78, 5) is 31.6. The number of rotatable bonds is 16. The monoisotopic (exact) mass is 704 g/mol. The van der Waals surface area contributed by atoms with Crippen molar-refractivity contribution >= 4 is 27.5 Å². The largest absolute Gasteiger partial charge is 0.497 e. The molecular weight excluding hydrogens is 663 g/mol. The van der Waals surface area contributed by atoms with Crippen molar-refractivity contribution in [1.82, 2.24) is 15.1 Å². The van der Waals surface area contributed by atoms with Crippen LogP contribution in [0.1, 0.15) is 11.1 Å². The molecule has 1 saturated heterocycles. The highest BCUT2D eigenvalue weighted by molar-refractivity contribution is 7.92. The molecule has 4 aromatic carbocycles. The molecule has 1 unspecified atom stereocenters.